The average Bonchev–Trinajstić information content (AvgIpc) is 3.41. The Balaban J connectivity index is 0.00000150. The minimum Gasteiger partial charge on any atom is -0.325 e. The first kappa shape index (κ1) is 22.9. The highest BCUT2D eigenvalue weighted by Crippen LogP contribution is 2.51. The highest BCUT2D eigenvalue weighted by Gasteiger charge is 2.49. The Hall–Kier alpha value is -2.40. The molecular formula is C23H25Cl2N3O. The zero-order valence-electron chi connectivity index (χ0n) is 16.2. The molecule has 0 saturated heterocycles. The number of amides is 1. The molecule has 0 radical (unpaired) electrons. The van der Waals surface area contributed by atoms with E-state index in [4.69, 9.17) is 5.73 Å². The molecule has 2 unspecified atom stereocenters. The lowest BCUT2D eigenvalue weighted by atomic mass is 10.0. The quantitative estimate of drug-likeness (QED) is 0.567. The van der Waals surface area contributed by atoms with E-state index in [9.17, 15) is 4.79 Å². The smallest absolute Gasteiger partial charge is 0.255 e. The number of rotatable bonds is 5. The Labute approximate surface area is 183 Å². The van der Waals surface area contributed by atoms with E-state index < -0.39 is 0 Å². The van der Waals surface area contributed by atoms with Crippen LogP contribution in [0.5, 0.6) is 0 Å². The summed E-state index contributed by atoms with van der Waals surface area (Å²) in [7, 11) is 0. The number of nitrogens with two attached hydrogens (primary N) is 1. The summed E-state index contributed by atoms with van der Waals surface area (Å²) in [6.45, 7) is 2.13. The number of anilines is 1. The summed E-state index contributed by atoms with van der Waals surface area (Å²) in [5.41, 5.74) is 11.1. The Kier molecular flexibility index (Phi) is 7.42. The van der Waals surface area contributed by atoms with Gasteiger partial charge in [0.2, 0.25) is 0 Å². The summed E-state index contributed by atoms with van der Waals surface area (Å²) in [6, 6.07) is 19.5. The fourth-order valence-corrected chi connectivity index (χ4v) is 3.52. The minimum atomic E-state index is -0.114. The Morgan fingerprint density at radius 1 is 1.00 bits per heavy atom. The molecule has 4 nitrogen and oxygen atoms in total. The van der Waals surface area contributed by atoms with Gasteiger partial charge in [-0.1, -0.05) is 31.2 Å². The van der Waals surface area contributed by atoms with Gasteiger partial charge in [-0.3, -0.25) is 9.78 Å². The fourth-order valence-electron chi connectivity index (χ4n) is 3.52. The maximum Gasteiger partial charge on any atom is 0.255 e. The van der Waals surface area contributed by atoms with Crippen LogP contribution in [0.15, 0.2) is 73.1 Å². The topological polar surface area (TPSA) is 68.0 Å². The van der Waals surface area contributed by atoms with Gasteiger partial charge in [0.05, 0.1) is 0 Å². The standard InChI is InChI=1S/C23H23N3O.2ClH/c1-2-23(24)15-21(23)18-7-9-20(10-8-18)26-22(27)19-5-3-16(4-6-19)17-11-13-25-14-12-17;;/h3-14,21H,2,15,24H2,1H3,(H,26,27);2*1H. The third-order valence-corrected chi connectivity index (χ3v) is 5.51. The van der Waals surface area contributed by atoms with Crippen molar-refractivity contribution in [3.8, 4) is 11.1 Å². The van der Waals surface area contributed by atoms with Crippen LogP contribution in [-0.4, -0.2) is 16.4 Å². The number of halogens is 2. The van der Waals surface area contributed by atoms with Crippen LogP contribution < -0.4 is 11.1 Å². The van der Waals surface area contributed by atoms with E-state index in [2.05, 4.69) is 29.4 Å². The number of hydrogen-bond acceptors (Lipinski definition) is 3. The molecule has 4 rings (SSSR count). The molecule has 2 aromatic carbocycles. The van der Waals surface area contributed by atoms with Crippen LogP contribution in [0.25, 0.3) is 11.1 Å². The van der Waals surface area contributed by atoms with Crippen LogP contribution in [0, 0.1) is 0 Å². The number of benzene rings is 2. The van der Waals surface area contributed by atoms with E-state index >= 15 is 0 Å². The molecule has 29 heavy (non-hydrogen) atoms. The second-order valence-corrected chi connectivity index (χ2v) is 7.23. The molecule has 152 valence electrons. The fraction of sp³-hybridized carbons (Fsp3) is 0.217. The minimum absolute atomic E-state index is 0. The van der Waals surface area contributed by atoms with Crippen molar-refractivity contribution in [3.05, 3.63) is 84.2 Å². The van der Waals surface area contributed by atoms with Gasteiger partial charge in [-0.25, -0.2) is 0 Å². The summed E-state index contributed by atoms with van der Waals surface area (Å²) < 4.78 is 0. The van der Waals surface area contributed by atoms with Crippen LogP contribution in [-0.2, 0) is 0 Å². The normalized spacial score (nSPS) is 19.4. The van der Waals surface area contributed by atoms with E-state index in [-0.39, 0.29) is 36.3 Å². The number of pyridine rings is 1. The van der Waals surface area contributed by atoms with Crippen molar-refractivity contribution in [2.45, 2.75) is 31.2 Å². The van der Waals surface area contributed by atoms with Crippen molar-refractivity contribution >= 4 is 36.4 Å². The first-order chi connectivity index (χ1) is 13.1. The van der Waals surface area contributed by atoms with E-state index in [1.54, 1.807) is 12.4 Å². The van der Waals surface area contributed by atoms with Crippen molar-refractivity contribution in [1.29, 1.82) is 0 Å². The maximum atomic E-state index is 12.5. The van der Waals surface area contributed by atoms with E-state index in [1.165, 1.54) is 5.56 Å². The van der Waals surface area contributed by atoms with Gasteiger partial charge in [-0.2, -0.15) is 0 Å². The summed E-state index contributed by atoms with van der Waals surface area (Å²) >= 11 is 0. The van der Waals surface area contributed by atoms with Gasteiger partial charge in [-0.05, 0) is 65.9 Å². The van der Waals surface area contributed by atoms with Crippen LogP contribution in [0.4, 0.5) is 5.69 Å². The van der Waals surface area contributed by atoms with E-state index in [0.717, 1.165) is 29.7 Å². The van der Waals surface area contributed by atoms with Crippen LogP contribution in [0.2, 0.25) is 0 Å². The molecule has 1 aromatic heterocycles. The molecule has 0 bridgehead atoms. The van der Waals surface area contributed by atoms with Crippen molar-refractivity contribution in [2.24, 2.45) is 5.73 Å². The zero-order chi connectivity index (χ0) is 18.9. The SMILES string of the molecule is CCC1(N)CC1c1ccc(NC(=O)c2ccc(-c3ccncc3)cc2)cc1.Cl.Cl. The molecule has 3 N–H and O–H groups in total. The van der Waals surface area contributed by atoms with Crippen LogP contribution in [0.1, 0.15) is 41.6 Å². The summed E-state index contributed by atoms with van der Waals surface area (Å²) in [6.07, 6.45) is 5.55. The Morgan fingerprint density at radius 3 is 2.14 bits per heavy atom. The number of carbonyl (C=O) groups excluding carboxylic acids is 1. The number of nitrogens with zero attached hydrogens (tertiary/aromatic N) is 1. The van der Waals surface area contributed by atoms with Crippen molar-refractivity contribution in [2.75, 3.05) is 5.32 Å². The molecule has 1 heterocycles. The molecule has 0 spiro atoms. The number of nitrogens with one attached hydrogen (secondary N) is 1. The Bertz CT molecular complexity index is 946. The number of aromatic nitrogens is 1. The zero-order valence-corrected chi connectivity index (χ0v) is 17.8. The molecule has 6 heteroatoms. The molecule has 1 saturated carbocycles. The molecular weight excluding hydrogens is 405 g/mol. The van der Waals surface area contributed by atoms with Gasteiger partial charge in [-0.15, -0.1) is 24.8 Å². The van der Waals surface area contributed by atoms with Gasteiger partial charge in [0, 0.05) is 35.1 Å². The van der Waals surface area contributed by atoms with Gasteiger partial charge < -0.3 is 11.1 Å². The molecule has 1 amide bonds. The van der Waals surface area contributed by atoms with Crippen molar-refractivity contribution in [1.82, 2.24) is 4.98 Å². The third-order valence-electron chi connectivity index (χ3n) is 5.51. The van der Waals surface area contributed by atoms with Crippen LogP contribution in [0.3, 0.4) is 0 Å². The molecule has 3 aromatic rings. The average molecular weight is 430 g/mol. The predicted molar refractivity (Wildman–Crippen MR) is 123 cm³/mol. The highest BCUT2D eigenvalue weighted by molar-refractivity contribution is 6.04. The van der Waals surface area contributed by atoms with Gasteiger partial charge >= 0.3 is 0 Å². The van der Waals surface area contributed by atoms with Gasteiger partial charge in [0.15, 0.2) is 0 Å². The summed E-state index contributed by atoms with van der Waals surface area (Å²) in [4.78, 5) is 16.5. The third kappa shape index (κ3) is 4.96. The molecule has 2 atom stereocenters. The van der Waals surface area contributed by atoms with Gasteiger partial charge in [0.25, 0.3) is 5.91 Å². The summed E-state index contributed by atoms with van der Waals surface area (Å²) in [5.74, 6) is 0.324. The molecule has 0 aliphatic heterocycles. The molecule has 1 fully saturated rings. The van der Waals surface area contributed by atoms with E-state index in [1.807, 2.05) is 48.5 Å². The van der Waals surface area contributed by atoms with Crippen molar-refractivity contribution in [3.63, 3.8) is 0 Å². The van der Waals surface area contributed by atoms with Crippen LogP contribution >= 0.6 is 24.8 Å². The molecule has 1 aliphatic carbocycles. The highest BCUT2D eigenvalue weighted by atomic mass is 35.5. The second kappa shape index (κ2) is 9.40. The number of hydrogen-bond donors (Lipinski definition) is 2. The predicted octanol–water partition coefficient (Wildman–Crippen LogP) is 5.44. The second-order valence-electron chi connectivity index (χ2n) is 7.23. The maximum absolute atomic E-state index is 12.5. The summed E-state index contributed by atoms with van der Waals surface area (Å²) in [5, 5.41) is 2.96. The first-order valence-electron chi connectivity index (χ1n) is 9.30. The number of carbonyl (C=O) groups is 1. The monoisotopic (exact) mass is 429 g/mol. The van der Waals surface area contributed by atoms with Gasteiger partial charge in [0.1, 0.15) is 0 Å². The largest absolute Gasteiger partial charge is 0.325 e. The lowest BCUT2D eigenvalue weighted by Crippen LogP contribution is -2.22. The van der Waals surface area contributed by atoms with E-state index in [0.29, 0.717) is 11.5 Å². The lowest BCUT2D eigenvalue weighted by molar-refractivity contribution is 0.102. The first-order valence-corrected chi connectivity index (χ1v) is 9.30. The molecule has 1 aliphatic rings. The Morgan fingerprint density at radius 2 is 1.59 bits per heavy atom. The van der Waals surface area contributed by atoms with Crippen molar-refractivity contribution < 1.29 is 4.79 Å². The lowest BCUT2D eigenvalue weighted by Gasteiger charge is -2.10.